The molecule has 0 saturated carbocycles. The average molecular weight is 304 g/mol. The van der Waals surface area contributed by atoms with Gasteiger partial charge in [0.15, 0.2) is 0 Å². The maximum absolute atomic E-state index is 2.48. The monoisotopic (exact) mass is 304 g/mol. The summed E-state index contributed by atoms with van der Waals surface area (Å²) in [5, 5.41) is 0. The summed E-state index contributed by atoms with van der Waals surface area (Å²) >= 11 is 0. The van der Waals surface area contributed by atoms with Gasteiger partial charge in [-0.1, -0.05) is 81.3 Å². The number of rotatable bonds is 5. The minimum Gasteiger partial charge on any atom is -0.0804 e. The van der Waals surface area contributed by atoms with Gasteiger partial charge in [0.25, 0.3) is 0 Å². The summed E-state index contributed by atoms with van der Waals surface area (Å²) in [6.07, 6.45) is 10.2. The lowest BCUT2D eigenvalue weighted by atomic mass is 9.84. The van der Waals surface area contributed by atoms with E-state index in [1.807, 2.05) is 0 Å². The van der Waals surface area contributed by atoms with Crippen LogP contribution in [-0.2, 0) is 6.42 Å². The zero-order chi connectivity index (χ0) is 16.1. The highest BCUT2D eigenvalue weighted by Gasteiger charge is 2.14. The molecule has 0 saturated heterocycles. The van der Waals surface area contributed by atoms with Crippen LogP contribution in [0.4, 0.5) is 0 Å². The Labute approximate surface area is 141 Å². The van der Waals surface area contributed by atoms with Crippen LogP contribution in [0.2, 0.25) is 0 Å². The van der Waals surface area contributed by atoms with Crippen molar-refractivity contribution in [3.05, 3.63) is 65.7 Å². The smallest absolute Gasteiger partial charge is 0.0184 e. The van der Waals surface area contributed by atoms with Crippen molar-refractivity contribution in [2.24, 2.45) is 5.92 Å². The molecule has 3 rings (SSSR count). The van der Waals surface area contributed by atoms with Crippen LogP contribution in [0.3, 0.4) is 0 Å². The molecule has 0 fully saturated rings. The molecule has 0 heteroatoms. The van der Waals surface area contributed by atoms with Crippen molar-refractivity contribution in [1.82, 2.24) is 0 Å². The van der Waals surface area contributed by atoms with Crippen LogP contribution in [0.1, 0.15) is 57.1 Å². The Morgan fingerprint density at radius 2 is 1.43 bits per heavy atom. The SMILES string of the molecule is CCCC1CC=C(c2ccc(-c3ccc(CC)cc3)cc2)CC1. The molecular weight excluding hydrogens is 276 g/mol. The normalized spacial score (nSPS) is 17.8. The lowest BCUT2D eigenvalue weighted by Crippen LogP contribution is -2.04. The zero-order valence-electron chi connectivity index (χ0n) is 14.5. The first-order valence-corrected chi connectivity index (χ1v) is 9.19. The van der Waals surface area contributed by atoms with Crippen LogP contribution < -0.4 is 0 Å². The lowest BCUT2D eigenvalue weighted by molar-refractivity contribution is 0.445. The summed E-state index contributed by atoms with van der Waals surface area (Å²) in [5.74, 6) is 0.917. The predicted molar refractivity (Wildman–Crippen MR) is 101 cm³/mol. The first kappa shape index (κ1) is 16.1. The molecule has 2 aromatic rings. The first-order chi connectivity index (χ1) is 11.3. The van der Waals surface area contributed by atoms with E-state index in [1.54, 1.807) is 5.57 Å². The molecule has 1 aliphatic carbocycles. The molecule has 0 aromatic heterocycles. The van der Waals surface area contributed by atoms with E-state index < -0.39 is 0 Å². The van der Waals surface area contributed by atoms with Gasteiger partial charge in [-0.25, -0.2) is 0 Å². The van der Waals surface area contributed by atoms with Crippen LogP contribution in [0.15, 0.2) is 54.6 Å². The van der Waals surface area contributed by atoms with Crippen LogP contribution in [0.25, 0.3) is 16.7 Å². The highest BCUT2D eigenvalue weighted by atomic mass is 14.2. The number of aryl methyl sites for hydroxylation is 1. The molecule has 0 aliphatic heterocycles. The topological polar surface area (TPSA) is 0 Å². The Bertz CT molecular complexity index is 643. The average Bonchev–Trinajstić information content (AvgIpc) is 2.63. The zero-order valence-corrected chi connectivity index (χ0v) is 14.5. The third kappa shape index (κ3) is 3.93. The molecule has 0 amide bonds. The van der Waals surface area contributed by atoms with E-state index in [1.165, 1.54) is 54.4 Å². The van der Waals surface area contributed by atoms with E-state index >= 15 is 0 Å². The molecule has 0 bridgehead atoms. The van der Waals surface area contributed by atoms with Crippen molar-refractivity contribution in [1.29, 1.82) is 0 Å². The molecule has 1 atom stereocenters. The molecule has 2 aromatic carbocycles. The molecule has 0 radical (unpaired) electrons. The van der Waals surface area contributed by atoms with Gasteiger partial charge in [-0.05, 0) is 59.4 Å². The Morgan fingerprint density at radius 3 is 1.96 bits per heavy atom. The third-order valence-electron chi connectivity index (χ3n) is 5.17. The van der Waals surface area contributed by atoms with Crippen molar-refractivity contribution in [3.63, 3.8) is 0 Å². The summed E-state index contributed by atoms with van der Waals surface area (Å²) < 4.78 is 0. The highest BCUT2D eigenvalue weighted by molar-refractivity contribution is 5.71. The van der Waals surface area contributed by atoms with E-state index in [-0.39, 0.29) is 0 Å². The predicted octanol–water partition coefficient (Wildman–Crippen LogP) is 6.90. The largest absolute Gasteiger partial charge is 0.0804 e. The fourth-order valence-corrected chi connectivity index (χ4v) is 3.63. The van der Waals surface area contributed by atoms with Gasteiger partial charge in [0.05, 0.1) is 0 Å². The summed E-state index contributed by atoms with van der Waals surface area (Å²) in [5.41, 5.74) is 6.99. The van der Waals surface area contributed by atoms with E-state index in [9.17, 15) is 0 Å². The Balaban J connectivity index is 1.72. The molecule has 1 aliphatic rings. The van der Waals surface area contributed by atoms with Crippen LogP contribution >= 0.6 is 0 Å². The van der Waals surface area contributed by atoms with Crippen molar-refractivity contribution in [3.8, 4) is 11.1 Å². The molecule has 0 nitrogen and oxygen atoms in total. The number of hydrogen-bond acceptors (Lipinski definition) is 0. The standard InChI is InChI=1S/C23H28/c1-3-5-19-8-12-21(13-9-19)23-16-14-22(15-17-23)20-10-6-18(4-2)7-11-20/h6-7,10-12,14-17,19H,3-5,8-9,13H2,1-2H3. The van der Waals surface area contributed by atoms with Gasteiger partial charge in [-0.3, -0.25) is 0 Å². The highest BCUT2D eigenvalue weighted by Crippen LogP contribution is 2.33. The maximum atomic E-state index is 2.48. The summed E-state index contributed by atoms with van der Waals surface area (Å²) in [4.78, 5) is 0. The van der Waals surface area contributed by atoms with Gasteiger partial charge < -0.3 is 0 Å². The van der Waals surface area contributed by atoms with Gasteiger partial charge in [0.2, 0.25) is 0 Å². The van der Waals surface area contributed by atoms with Crippen LogP contribution in [-0.4, -0.2) is 0 Å². The number of allylic oxidation sites excluding steroid dienone is 2. The minimum atomic E-state index is 0.917. The first-order valence-electron chi connectivity index (χ1n) is 9.19. The van der Waals surface area contributed by atoms with E-state index in [4.69, 9.17) is 0 Å². The lowest BCUT2D eigenvalue weighted by Gasteiger charge is -2.21. The van der Waals surface area contributed by atoms with Gasteiger partial charge in [0, 0.05) is 0 Å². The fraction of sp³-hybridized carbons (Fsp3) is 0.391. The van der Waals surface area contributed by atoms with Crippen LogP contribution in [0.5, 0.6) is 0 Å². The molecule has 0 heterocycles. The molecular formula is C23H28. The molecule has 0 N–H and O–H groups in total. The summed E-state index contributed by atoms with van der Waals surface area (Å²) in [6, 6.07) is 18.1. The second-order valence-electron chi connectivity index (χ2n) is 6.79. The molecule has 0 spiro atoms. The second kappa shape index (κ2) is 7.64. The Hall–Kier alpha value is -1.82. The second-order valence-corrected chi connectivity index (χ2v) is 6.79. The van der Waals surface area contributed by atoms with Gasteiger partial charge >= 0.3 is 0 Å². The number of hydrogen-bond donors (Lipinski definition) is 0. The fourth-order valence-electron chi connectivity index (χ4n) is 3.63. The third-order valence-corrected chi connectivity index (χ3v) is 5.17. The van der Waals surface area contributed by atoms with Crippen molar-refractivity contribution >= 4 is 5.57 Å². The van der Waals surface area contributed by atoms with Gasteiger partial charge in [-0.2, -0.15) is 0 Å². The van der Waals surface area contributed by atoms with Gasteiger partial charge in [0.1, 0.15) is 0 Å². The summed E-state index contributed by atoms with van der Waals surface area (Å²) in [7, 11) is 0. The van der Waals surface area contributed by atoms with E-state index in [0.29, 0.717) is 0 Å². The molecule has 23 heavy (non-hydrogen) atoms. The van der Waals surface area contributed by atoms with Crippen molar-refractivity contribution in [2.45, 2.75) is 52.4 Å². The van der Waals surface area contributed by atoms with Crippen molar-refractivity contribution in [2.75, 3.05) is 0 Å². The maximum Gasteiger partial charge on any atom is -0.0184 e. The number of benzene rings is 2. The molecule has 120 valence electrons. The van der Waals surface area contributed by atoms with Gasteiger partial charge in [-0.15, -0.1) is 0 Å². The quantitative estimate of drug-likeness (QED) is 0.563. The Kier molecular flexibility index (Phi) is 5.33. The van der Waals surface area contributed by atoms with E-state index in [2.05, 4.69) is 68.5 Å². The minimum absolute atomic E-state index is 0.917. The van der Waals surface area contributed by atoms with Crippen molar-refractivity contribution < 1.29 is 0 Å². The summed E-state index contributed by atoms with van der Waals surface area (Å²) in [6.45, 7) is 4.50. The van der Waals surface area contributed by atoms with Crippen LogP contribution in [0, 0.1) is 5.92 Å². The van der Waals surface area contributed by atoms with E-state index in [0.717, 1.165) is 12.3 Å². The Morgan fingerprint density at radius 1 is 0.826 bits per heavy atom. The molecule has 1 unspecified atom stereocenters.